The molecule has 5 nitrogen and oxygen atoms in total. The SMILES string of the molecule is CC(=O)N1CCN(C(=O)C2CCOCC2)[C@H](c2ccccc2)C1. The summed E-state index contributed by atoms with van der Waals surface area (Å²) in [7, 11) is 0. The second kappa shape index (κ2) is 7.13. The van der Waals surface area contributed by atoms with Crippen molar-refractivity contribution in [3.05, 3.63) is 35.9 Å². The smallest absolute Gasteiger partial charge is 0.226 e. The van der Waals surface area contributed by atoms with E-state index in [0.717, 1.165) is 18.4 Å². The average Bonchev–Trinajstić information content (AvgIpc) is 2.62. The Hall–Kier alpha value is -1.88. The molecule has 5 heteroatoms. The molecule has 0 N–H and O–H groups in total. The first-order chi connectivity index (χ1) is 11.2. The summed E-state index contributed by atoms with van der Waals surface area (Å²) in [5.41, 5.74) is 1.10. The largest absolute Gasteiger partial charge is 0.381 e. The van der Waals surface area contributed by atoms with Crippen LogP contribution in [0.4, 0.5) is 0 Å². The fourth-order valence-corrected chi connectivity index (χ4v) is 3.47. The first-order valence-corrected chi connectivity index (χ1v) is 8.35. The fourth-order valence-electron chi connectivity index (χ4n) is 3.47. The molecule has 2 saturated heterocycles. The van der Waals surface area contributed by atoms with Gasteiger partial charge in [0.15, 0.2) is 0 Å². The van der Waals surface area contributed by atoms with Gasteiger partial charge in [0.05, 0.1) is 6.04 Å². The highest BCUT2D eigenvalue weighted by Gasteiger charge is 2.35. The Morgan fingerprint density at radius 2 is 1.78 bits per heavy atom. The van der Waals surface area contributed by atoms with E-state index < -0.39 is 0 Å². The number of hydrogen-bond donors (Lipinski definition) is 0. The van der Waals surface area contributed by atoms with Crippen LogP contribution in [0.5, 0.6) is 0 Å². The zero-order valence-corrected chi connectivity index (χ0v) is 13.6. The number of nitrogens with zero attached hydrogens (tertiary/aromatic N) is 2. The number of ether oxygens (including phenoxy) is 1. The number of amides is 2. The summed E-state index contributed by atoms with van der Waals surface area (Å²) in [6, 6.07) is 9.97. The molecule has 0 unspecified atom stereocenters. The summed E-state index contributed by atoms with van der Waals surface area (Å²) >= 11 is 0. The minimum absolute atomic E-state index is 0.0517. The second-order valence-corrected chi connectivity index (χ2v) is 6.31. The topological polar surface area (TPSA) is 49.9 Å². The van der Waals surface area contributed by atoms with Crippen LogP contribution < -0.4 is 0 Å². The molecule has 124 valence electrons. The molecule has 0 aromatic heterocycles. The molecule has 1 atom stereocenters. The molecule has 0 spiro atoms. The summed E-state index contributed by atoms with van der Waals surface area (Å²) in [4.78, 5) is 28.6. The summed E-state index contributed by atoms with van der Waals surface area (Å²) < 4.78 is 5.37. The molecule has 1 aromatic carbocycles. The highest BCUT2D eigenvalue weighted by atomic mass is 16.5. The number of carbonyl (C=O) groups excluding carboxylic acids is 2. The Labute approximate surface area is 137 Å². The summed E-state index contributed by atoms with van der Waals surface area (Å²) in [5.74, 6) is 0.341. The maximum absolute atomic E-state index is 13.0. The Balaban J connectivity index is 1.81. The molecule has 3 rings (SSSR count). The molecule has 0 radical (unpaired) electrons. The van der Waals surface area contributed by atoms with Crippen molar-refractivity contribution < 1.29 is 14.3 Å². The van der Waals surface area contributed by atoms with Crippen LogP contribution in [0.3, 0.4) is 0 Å². The van der Waals surface area contributed by atoms with Crippen LogP contribution in [-0.4, -0.2) is 54.5 Å². The van der Waals surface area contributed by atoms with Crippen LogP contribution in [0, 0.1) is 5.92 Å². The monoisotopic (exact) mass is 316 g/mol. The van der Waals surface area contributed by atoms with Gasteiger partial charge < -0.3 is 14.5 Å². The molecule has 2 amide bonds. The Kier molecular flexibility index (Phi) is 4.96. The van der Waals surface area contributed by atoms with E-state index in [1.807, 2.05) is 40.1 Å². The van der Waals surface area contributed by atoms with Gasteiger partial charge in [-0.1, -0.05) is 30.3 Å². The zero-order valence-electron chi connectivity index (χ0n) is 13.6. The third-order valence-corrected chi connectivity index (χ3v) is 4.86. The van der Waals surface area contributed by atoms with Gasteiger partial charge in [-0.05, 0) is 18.4 Å². The van der Waals surface area contributed by atoms with Gasteiger partial charge in [0.25, 0.3) is 0 Å². The van der Waals surface area contributed by atoms with E-state index in [9.17, 15) is 9.59 Å². The Morgan fingerprint density at radius 3 is 2.43 bits per heavy atom. The first kappa shape index (κ1) is 16.0. The van der Waals surface area contributed by atoms with Gasteiger partial charge in [-0.15, -0.1) is 0 Å². The summed E-state index contributed by atoms with van der Waals surface area (Å²) in [6.07, 6.45) is 1.60. The van der Waals surface area contributed by atoms with Gasteiger partial charge in [-0.25, -0.2) is 0 Å². The highest BCUT2D eigenvalue weighted by molar-refractivity contribution is 5.80. The summed E-state index contributed by atoms with van der Waals surface area (Å²) in [5, 5.41) is 0. The van der Waals surface area contributed by atoms with Crippen molar-refractivity contribution in [1.82, 2.24) is 9.80 Å². The van der Waals surface area contributed by atoms with Crippen molar-refractivity contribution in [2.45, 2.75) is 25.8 Å². The van der Waals surface area contributed by atoms with E-state index in [2.05, 4.69) is 0 Å². The maximum Gasteiger partial charge on any atom is 0.226 e. The molecular formula is C18H24N2O3. The van der Waals surface area contributed by atoms with Crippen molar-refractivity contribution in [1.29, 1.82) is 0 Å². The van der Waals surface area contributed by atoms with Gasteiger partial charge >= 0.3 is 0 Å². The number of carbonyl (C=O) groups is 2. The molecule has 23 heavy (non-hydrogen) atoms. The molecule has 1 aromatic rings. The normalized spacial score (nSPS) is 22.9. The third-order valence-electron chi connectivity index (χ3n) is 4.86. The van der Waals surface area contributed by atoms with Crippen LogP contribution >= 0.6 is 0 Å². The molecular weight excluding hydrogens is 292 g/mol. The van der Waals surface area contributed by atoms with Crippen molar-refractivity contribution in [2.24, 2.45) is 5.92 Å². The van der Waals surface area contributed by atoms with Crippen LogP contribution in [0.15, 0.2) is 30.3 Å². The van der Waals surface area contributed by atoms with Gasteiger partial charge in [-0.2, -0.15) is 0 Å². The number of hydrogen-bond acceptors (Lipinski definition) is 3. The second-order valence-electron chi connectivity index (χ2n) is 6.31. The predicted octanol–water partition coefficient (Wildman–Crippen LogP) is 1.84. The highest BCUT2D eigenvalue weighted by Crippen LogP contribution is 2.29. The molecule has 0 saturated carbocycles. The molecule has 0 bridgehead atoms. The van der Waals surface area contributed by atoms with Crippen molar-refractivity contribution >= 4 is 11.8 Å². The van der Waals surface area contributed by atoms with Gasteiger partial charge in [0, 0.05) is 45.7 Å². The number of rotatable bonds is 2. The van der Waals surface area contributed by atoms with Crippen LogP contribution in [0.1, 0.15) is 31.4 Å². The van der Waals surface area contributed by atoms with Crippen LogP contribution in [-0.2, 0) is 14.3 Å². The van der Waals surface area contributed by atoms with E-state index in [-0.39, 0.29) is 23.8 Å². The van der Waals surface area contributed by atoms with E-state index in [1.54, 1.807) is 6.92 Å². The lowest BCUT2D eigenvalue weighted by molar-refractivity contribution is -0.147. The molecule has 0 aliphatic carbocycles. The minimum atomic E-state index is -0.0517. The van der Waals surface area contributed by atoms with E-state index >= 15 is 0 Å². The number of piperazine rings is 1. The van der Waals surface area contributed by atoms with E-state index in [0.29, 0.717) is 32.8 Å². The van der Waals surface area contributed by atoms with E-state index in [4.69, 9.17) is 4.74 Å². The molecule has 2 fully saturated rings. The molecule has 2 aliphatic rings. The average molecular weight is 316 g/mol. The van der Waals surface area contributed by atoms with Gasteiger partial charge in [0.2, 0.25) is 11.8 Å². The van der Waals surface area contributed by atoms with Crippen LogP contribution in [0.2, 0.25) is 0 Å². The maximum atomic E-state index is 13.0. The van der Waals surface area contributed by atoms with Crippen molar-refractivity contribution in [2.75, 3.05) is 32.8 Å². The van der Waals surface area contributed by atoms with E-state index in [1.165, 1.54) is 0 Å². The lowest BCUT2D eigenvalue weighted by Gasteiger charge is -2.43. The van der Waals surface area contributed by atoms with Crippen molar-refractivity contribution in [3.8, 4) is 0 Å². The third kappa shape index (κ3) is 3.55. The van der Waals surface area contributed by atoms with Gasteiger partial charge in [0.1, 0.15) is 0 Å². The van der Waals surface area contributed by atoms with Crippen molar-refractivity contribution in [3.63, 3.8) is 0 Å². The predicted molar refractivity (Wildman–Crippen MR) is 86.7 cm³/mol. The Morgan fingerprint density at radius 1 is 1.09 bits per heavy atom. The molecule has 2 heterocycles. The van der Waals surface area contributed by atoms with Gasteiger partial charge in [-0.3, -0.25) is 9.59 Å². The lowest BCUT2D eigenvalue weighted by Crippen LogP contribution is -2.53. The quantitative estimate of drug-likeness (QED) is 0.836. The molecule has 2 aliphatic heterocycles. The standard InChI is InChI=1S/C18H24N2O3/c1-14(21)19-9-10-20(18(22)16-7-11-23-12-8-16)17(13-19)15-5-3-2-4-6-15/h2-6,16-17H,7-13H2,1H3/t17-/m0/s1. The lowest BCUT2D eigenvalue weighted by atomic mass is 9.95. The number of benzene rings is 1. The zero-order chi connectivity index (χ0) is 16.2. The first-order valence-electron chi connectivity index (χ1n) is 8.35. The van der Waals surface area contributed by atoms with Crippen LogP contribution in [0.25, 0.3) is 0 Å². The minimum Gasteiger partial charge on any atom is -0.381 e. The fraction of sp³-hybridized carbons (Fsp3) is 0.556. The summed E-state index contributed by atoms with van der Waals surface area (Å²) in [6.45, 7) is 4.73. The Bertz CT molecular complexity index is 555.